The average Bonchev–Trinajstić information content (AvgIpc) is 2.81. The maximum Gasteiger partial charge on any atom is 0.417 e. The molecule has 11 heteroatoms. The van der Waals surface area contributed by atoms with Crippen LogP contribution in [0.4, 0.5) is 41.1 Å². The van der Waals surface area contributed by atoms with E-state index >= 15 is 0 Å². The Kier molecular flexibility index (Phi) is 6.66. The Bertz CT molecular complexity index is 1110. The van der Waals surface area contributed by atoms with Gasteiger partial charge in [-0.2, -0.15) is 33.2 Å². The van der Waals surface area contributed by atoms with Crippen LogP contribution in [0.1, 0.15) is 30.4 Å². The van der Waals surface area contributed by atoms with Crippen LogP contribution >= 0.6 is 0 Å². The van der Waals surface area contributed by atoms with Crippen molar-refractivity contribution in [2.75, 3.05) is 28.7 Å². The molecule has 1 aliphatic heterocycles. The molecule has 0 spiro atoms. The van der Waals surface area contributed by atoms with Crippen molar-refractivity contribution < 1.29 is 17.6 Å². The number of benzene rings is 2. The molecule has 1 aromatic heterocycles. The third-order valence-electron chi connectivity index (χ3n) is 5.00. The molecule has 4 rings (SSSR count). The van der Waals surface area contributed by atoms with E-state index < -0.39 is 11.7 Å². The number of nitrogens with zero attached hydrogens (tertiary/aromatic N) is 5. The lowest BCUT2D eigenvalue weighted by molar-refractivity contribution is -0.137. The monoisotopic (exact) mass is 459 g/mol. The lowest BCUT2D eigenvalue weighted by atomic mass is 10.1. The minimum atomic E-state index is -4.50. The van der Waals surface area contributed by atoms with E-state index in [0.717, 1.165) is 44.6 Å². The number of aromatic nitrogens is 3. The average molecular weight is 459 g/mol. The van der Waals surface area contributed by atoms with E-state index in [1.807, 2.05) is 4.90 Å². The van der Waals surface area contributed by atoms with Crippen LogP contribution in [0.3, 0.4) is 0 Å². The van der Waals surface area contributed by atoms with E-state index in [4.69, 9.17) is 0 Å². The van der Waals surface area contributed by atoms with Crippen molar-refractivity contribution in [1.82, 2.24) is 15.0 Å². The number of piperidine rings is 1. The standard InChI is InChI=1S/C22H21F4N7/c23-16-8-10-17(11-9-16)28-19-29-20(31-21(30-19)33-12-4-1-5-13-33)32-27-14-15-6-2-3-7-18(15)22(24,25)26/h2-3,6-11,14H,1,4-5,12-13H2,(H2,28,29,30,31,32)/b27-14-. The number of alkyl halides is 3. The Morgan fingerprint density at radius 2 is 1.58 bits per heavy atom. The summed E-state index contributed by atoms with van der Waals surface area (Å²) >= 11 is 0. The Labute approximate surface area is 187 Å². The molecule has 0 radical (unpaired) electrons. The number of hydrogen-bond donors (Lipinski definition) is 2. The molecule has 3 aromatic rings. The fourth-order valence-corrected chi connectivity index (χ4v) is 3.40. The minimum Gasteiger partial charge on any atom is -0.341 e. The highest BCUT2D eigenvalue weighted by molar-refractivity contribution is 5.82. The van der Waals surface area contributed by atoms with Gasteiger partial charge in [-0.1, -0.05) is 18.2 Å². The fraction of sp³-hybridized carbons (Fsp3) is 0.273. The van der Waals surface area contributed by atoms with Crippen LogP contribution in [0.2, 0.25) is 0 Å². The summed E-state index contributed by atoms with van der Waals surface area (Å²) < 4.78 is 52.8. The smallest absolute Gasteiger partial charge is 0.341 e. The molecule has 0 bridgehead atoms. The second kappa shape index (κ2) is 9.80. The molecule has 0 amide bonds. The summed E-state index contributed by atoms with van der Waals surface area (Å²) in [6.45, 7) is 1.56. The predicted octanol–water partition coefficient (Wildman–Crippen LogP) is 5.21. The number of hydrazone groups is 1. The van der Waals surface area contributed by atoms with E-state index in [1.54, 1.807) is 12.1 Å². The highest BCUT2D eigenvalue weighted by atomic mass is 19.4. The van der Waals surface area contributed by atoms with Crippen molar-refractivity contribution in [3.05, 3.63) is 65.5 Å². The predicted molar refractivity (Wildman–Crippen MR) is 118 cm³/mol. The highest BCUT2D eigenvalue weighted by Crippen LogP contribution is 2.31. The third-order valence-corrected chi connectivity index (χ3v) is 5.00. The molecular weight excluding hydrogens is 438 g/mol. The summed E-state index contributed by atoms with van der Waals surface area (Å²) in [7, 11) is 0. The molecule has 33 heavy (non-hydrogen) atoms. The van der Waals surface area contributed by atoms with Crippen LogP contribution in [0, 0.1) is 5.82 Å². The van der Waals surface area contributed by atoms with Crippen molar-refractivity contribution >= 4 is 29.7 Å². The van der Waals surface area contributed by atoms with Gasteiger partial charge in [-0.15, -0.1) is 0 Å². The Hall–Kier alpha value is -3.76. The van der Waals surface area contributed by atoms with Gasteiger partial charge in [0, 0.05) is 24.3 Å². The maximum atomic E-state index is 13.2. The van der Waals surface area contributed by atoms with Crippen molar-refractivity contribution in [1.29, 1.82) is 0 Å². The molecule has 1 aliphatic rings. The largest absolute Gasteiger partial charge is 0.417 e. The number of halogens is 4. The molecule has 0 aliphatic carbocycles. The van der Waals surface area contributed by atoms with E-state index in [9.17, 15) is 17.6 Å². The van der Waals surface area contributed by atoms with Crippen LogP contribution in [-0.4, -0.2) is 34.3 Å². The number of nitrogens with one attached hydrogen (secondary N) is 2. The van der Waals surface area contributed by atoms with Crippen LogP contribution < -0.4 is 15.6 Å². The molecule has 1 fully saturated rings. The summed E-state index contributed by atoms with van der Waals surface area (Å²) in [5, 5.41) is 6.90. The van der Waals surface area contributed by atoms with E-state index in [1.165, 1.54) is 30.3 Å². The molecule has 0 unspecified atom stereocenters. The van der Waals surface area contributed by atoms with Crippen LogP contribution in [-0.2, 0) is 6.18 Å². The second-order valence-electron chi connectivity index (χ2n) is 7.42. The first-order valence-electron chi connectivity index (χ1n) is 10.4. The Balaban J connectivity index is 1.59. The molecular formula is C22H21F4N7. The van der Waals surface area contributed by atoms with E-state index in [-0.39, 0.29) is 23.3 Å². The van der Waals surface area contributed by atoms with Crippen molar-refractivity contribution in [3.8, 4) is 0 Å². The second-order valence-corrected chi connectivity index (χ2v) is 7.42. The van der Waals surface area contributed by atoms with Crippen molar-refractivity contribution in [3.63, 3.8) is 0 Å². The van der Waals surface area contributed by atoms with E-state index in [0.29, 0.717) is 11.6 Å². The number of anilines is 4. The lowest BCUT2D eigenvalue weighted by Crippen LogP contribution is -2.31. The zero-order chi connectivity index (χ0) is 23.3. The Morgan fingerprint density at radius 1 is 0.879 bits per heavy atom. The first-order chi connectivity index (χ1) is 15.9. The summed E-state index contributed by atoms with van der Waals surface area (Å²) in [5.74, 6) is 0.310. The zero-order valence-corrected chi connectivity index (χ0v) is 17.5. The van der Waals surface area contributed by atoms with Gasteiger partial charge in [0.15, 0.2) is 0 Å². The summed E-state index contributed by atoms with van der Waals surface area (Å²) in [6, 6.07) is 10.8. The zero-order valence-electron chi connectivity index (χ0n) is 17.5. The topological polar surface area (TPSA) is 78.3 Å². The van der Waals surface area contributed by atoms with Crippen LogP contribution in [0.25, 0.3) is 0 Å². The minimum absolute atomic E-state index is 0.0657. The first-order valence-corrected chi connectivity index (χ1v) is 10.4. The fourth-order valence-electron chi connectivity index (χ4n) is 3.40. The molecule has 0 saturated carbocycles. The Morgan fingerprint density at radius 3 is 2.30 bits per heavy atom. The van der Waals surface area contributed by atoms with Gasteiger partial charge in [0.2, 0.25) is 17.8 Å². The molecule has 2 heterocycles. The quantitative estimate of drug-likeness (QED) is 0.299. The molecule has 2 aromatic carbocycles. The molecule has 172 valence electrons. The molecule has 1 saturated heterocycles. The molecule has 2 N–H and O–H groups in total. The van der Waals surface area contributed by atoms with Gasteiger partial charge >= 0.3 is 6.18 Å². The van der Waals surface area contributed by atoms with Crippen molar-refractivity contribution in [2.45, 2.75) is 25.4 Å². The normalized spacial score (nSPS) is 14.5. The van der Waals surface area contributed by atoms with Gasteiger partial charge in [-0.3, -0.25) is 0 Å². The third kappa shape index (κ3) is 5.93. The molecule has 7 nitrogen and oxygen atoms in total. The number of rotatable bonds is 6. The van der Waals surface area contributed by atoms with Crippen LogP contribution in [0.15, 0.2) is 53.6 Å². The van der Waals surface area contributed by atoms with Crippen LogP contribution in [0.5, 0.6) is 0 Å². The van der Waals surface area contributed by atoms with E-state index in [2.05, 4.69) is 30.8 Å². The highest BCUT2D eigenvalue weighted by Gasteiger charge is 2.32. The summed E-state index contributed by atoms with van der Waals surface area (Å²) in [6.07, 6.45) is -0.302. The SMILES string of the molecule is Fc1ccc(Nc2nc(N/N=C\c3ccccc3C(F)(F)F)nc(N3CCCCC3)n2)cc1. The molecule has 0 atom stereocenters. The van der Waals surface area contributed by atoms with Gasteiger partial charge in [0.05, 0.1) is 11.8 Å². The summed E-state index contributed by atoms with van der Waals surface area (Å²) in [5.41, 5.74) is 2.29. The summed E-state index contributed by atoms with van der Waals surface area (Å²) in [4.78, 5) is 15.1. The lowest BCUT2D eigenvalue weighted by Gasteiger charge is -2.26. The van der Waals surface area contributed by atoms with Gasteiger partial charge in [0.1, 0.15) is 5.82 Å². The van der Waals surface area contributed by atoms with Crippen molar-refractivity contribution in [2.24, 2.45) is 5.10 Å². The van der Waals surface area contributed by atoms with Gasteiger partial charge < -0.3 is 10.2 Å². The van der Waals surface area contributed by atoms with Gasteiger partial charge in [0.25, 0.3) is 0 Å². The number of hydrogen-bond acceptors (Lipinski definition) is 7. The van der Waals surface area contributed by atoms with Gasteiger partial charge in [-0.25, -0.2) is 9.82 Å². The first kappa shape index (κ1) is 22.4. The van der Waals surface area contributed by atoms with Gasteiger partial charge in [-0.05, 0) is 49.6 Å². The maximum absolute atomic E-state index is 13.2.